The summed E-state index contributed by atoms with van der Waals surface area (Å²) >= 11 is 0. The number of carbonyl (C=O) groups is 2. The first-order valence-electron chi connectivity index (χ1n) is 16.2. The third-order valence-electron chi connectivity index (χ3n) is 8.17. The maximum atomic E-state index is 15.1. The fourth-order valence-corrected chi connectivity index (χ4v) is 4.97. The molecule has 1 N–H and O–H groups in total. The summed E-state index contributed by atoms with van der Waals surface area (Å²) in [5.74, 6) is -1.63. The lowest BCUT2D eigenvalue weighted by molar-refractivity contribution is -0.145. The molecule has 0 heterocycles. The zero-order chi connectivity index (χ0) is 33.7. The Kier molecular flexibility index (Phi) is 13.9. The smallest absolute Gasteiger partial charge is 0.336 e. The molecule has 6 heteroatoms. The van der Waals surface area contributed by atoms with E-state index in [0.717, 1.165) is 41.5 Å². The highest BCUT2D eigenvalue weighted by Crippen LogP contribution is 2.25. The highest BCUT2D eigenvalue weighted by Gasteiger charge is 2.26. The molecule has 0 aliphatic rings. The predicted molar refractivity (Wildman–Crippen MR) is 183 cm³/mol. The van der Waals surface area contributed by atoms with Crippen LogP contribution >= 0.6 is 0 Å². The Hall–Kier alpha value is -4.03. The summed E-state index contributed by atoms with van der Waals surface area (Å²) in [7, 11) is 0. The Labute approximate surface area is 274 Å². The summed E-state index contributed by atoms with van der Waals surface area (Å²) in [6, 6.07) is 22.0. The van der Waals surface area contributed by atoms with Crippen LogP contribution in [-0.2, 0) is 44.7 Å². The van der Waals surface area contributed by atoms with E-state index in [2.05, 4.69) is 56.5 Å². The molecule has 3 aromatic rings. The Morgan fingerprint density at radius 1 is 0.783 bits per heavy atom. The molecule has 0 radical (unpaired) electrons. The van der Waals surface area contributed by atoms with Crippen LogP contribution in [0.2, 0.25) is 0 Å². The summed E-state index contributed by atoms with van der Waals surface area (Å²) in [6.07, 6.45) is 7.47. The van der Waals surface area contributed by atoms with Crippen molar-refractivity contribution in [3.05, 3.63) is 119 Å². The molecule has 0 fully saturated rings. The molecular formula is C40H49FO5. The van der Waals surface area contributed by atoms with Gasteiger partial charge in [-0.3, -0.25) is 0 Å². The topological polar surface area (TPSA) is 72.8 Å². The van der Waals surface area contributed by atoms with Gasteiger partial charge in [-0.2, -0.15) is 0 Å². The summed E-state index contributed by atoms with van der Waals surface area (Å²) in [4.78, 5) is 24.3. The Bertz CT molecular complexity index is 1460. The number of benzene rings is 3. The first kappa shape index (κ1) is 36.4. The molecule has 0 aliphatic carbocycles. The van der Waals surface area contributed by atoms with Gasteiger partial charge in [0.1, 0.15) is 5.82 Å². The van der Waals surface area contributed by atoms with Crippen molar-refractivity contribution in [2.24, 2.45) is 5.92 Å². The van der Waals surface area contributed by atoms with Crippen LogP contribution in [-0.4, -0.2) is 35.9 Å². The van der Waals surface area contributed by atoms with E-state index in [0.29, 0.717) is 24.0 Å². The van der Waals surface area contributed by atoms with Crippen molar-refractivity contribution in [1.29, 1.82) is 0 Å². The minimum absolute atomic E-state index is 0.0230. The van der Waals surface area contributed by atoms with Crippen molar-refractivity contribution in [1.82, 2.24) is 0 Å². The van der Waals surface area contributed by atoms with Crippen LogP contribution in [0.5, 0.6) is 0 Å². The summed E-state index contributed by atoms with van der Waals surface area (Å²) in [5, 5.41) is 10.0. The molecule has 5 nitrogen and oxygen atoms in total. The Balaban J connectivity index is 1.53. The fourth-order valence-electron chi connectivity index (χ4n) is 4.97. The van der Waals surface area contributed by atoms with E-state index in [1.807, 2.05) is 24.3 Å². The van der Waals surface area contributed by atoms with Gasteiger partial charge in [-0.1, -0.05) is 93.6 Å². The number of halogens is 1. The van der Waals surface area contributed by atoms with Crippen molar-refractivity contribution in [3.8, 4) is 11.1 Å². The highest BCUT2D eigenvalue weighted by molar-refractivity contribution is 5.89. The van der Waals surface area contributed by atoms with Crippen LogP contribution < -0.4 is 0 Å². The van der Waals surface area contributed by atoms with E-state index in [9.17, 15) is 14.7 Å². The van der Waals surface area contributed by atoms with E-state index in [-0.39, 0.29) is 30.5 Å². The van der Waals surface area contributed by atoms with Gasteiger partial charge in [0.15, 0.2) is 0 Å². The van der Waals surface area contributed by atoms with Crippen LogP contribution in [0.4, 0.5) is 4.39 Å². The maximum Gasteiger partial charge on any atom is 0.336 e. The average molecular weight is 629 g/mol. The monoisotopic (exact) mass is 628 g/mol. The summed E-state index contributed by atoms with van der Waals surface area (Å²) in [5.41, 5.74) is 4.88. The van der Waals surface area contributed by atoms with E-state index >= 15 is 4.39 Å². The number of hydrogen-bond donors (Lipinski definition) is 1. The minimum Gasteiger partial charge on any atom is -0.462 e. The van der Waals surface area contributed by atoms with Crippen LogP contribution in [0.15, 0.2) is 91.0 Å². The summed E-state index contributed by atoms with van der Waals surface area (Å²) < 4.78 is 25.8. The van der Waals surface area contributed by atoms with E-state index in [1.54, 1.807) is 13.0 Å². The van der Waals surface area contributed by atoms with Gasteiger partial charge < -0.3 is 14.6 Å². The molecule has 3 aromatic carbocycles. The number of ether oxygens (including phenoxy) is 2. The SMILES string of the molecule is C=C(C)C(=O)OCC(CCc1ccc(CCc2ccc(-c3ccc(CCCCC)cc3)c(F)c2)cc1)COC(=O)C(=C)C(C)(C)O. The third kappa shape index (κ3) is 11.7. The van der Waals surface area contributed by atoms with Crippen LogP contribution in [0.1, 0.15) is 75.6 Å². The largest absolute Gasteiger partial charge is 0.462 e. The van der Waals surface area contributed by atoms with Crippen molar-refractivity contribution in [2.45, 2.75) is 84.7 Å². The Morgan fingerprint density at radius 3 is 1.87 bits per heavy atom. The quantitative estimate of drug-likeness (QED) is 0.0868. The normalized spacial score (nSPS) is 12.0. The molecule has 1 atom stereocenters. The van der Waals surface area contributed by atoms with Gasteiger partial charge in [-0.15, -0.1) is 0 Å². The molecule has 0 spiro atoms. The number of hydrogen-bond acceptors (Lipinski definition) is 5. The average Bonchev–Trinajstić information content (AvgIpc) is 3.03. The van der Waals surface area contributed by atoms with E-state index in [4.69, 9.17) is 9.47 Å². The molecule has 1 unspecified atom stereocenters. The molecule has 0 saturated heterocycles. The minimum atomic E-state index is -1.39. The second kappa shape index (κ2) is 17.6. The van der Waals surface area contributed by atoms with Crippen molar-refractivity contribution < 1.29 is 28.6 Å². The number of unbranched alkanes of at least 4 members (excludes halogenated alkanes) is 2. The molecule has 0 amide bonds. The molecule has 3 rings (SSSR count). The number of carbonyl (C=O) groups excluding carboxylic acids is 2. The highest BCUT2D eigenvalue weighted by atomic mass is 19.1. The maximum absolute atomic E-state index is 15.1. The van der Waals surface area contributed by atoms with Crippen LogP contribution in [0, 0.1) is 11.7 Å². The molecule has 246 valence electrons. The van der Waals surface area contributed by atoms with Crippen molar-refractivity contribution in [3.63, 3.8) is 0 Å². The van der Waals surface area contributed by atoms with Gasteiger partial charge in [-0.05, 0) is 93.2 Å². The van der Waals surface area contributed by atoms with Gasteiger partial charge in [0.2, 0.25) is 0 Å². The number of aryl methyl sites for hydroxylation is 4. The molecular weight excluding hydrogens is 579 g/mol. The number of esters is 2. The third-order valence-corrected chi connectivity index (χ3v) is 8.17. The zero-order valence-corrected chi connectivity index (χ0v) is 27.9. The first-order chi connectivity index (χ1) is 21.9. The van der Waals surface area contributed by atoms with Crippen LogP contribution in [0.25, 0.3) is 11.1 Å². The first-order valence-corrected chi connectivity index (χ1v) is 16.2. The van der Waals surface area contributed by atoms with Gasteiger partial charge >= 0.3 is 11.9 Å². The summed E-state index contributed by atoms with van der Waals surface area (Å²) in [6.45, 7) is 14.0. The lowest BCUT2D eigenvalue weighted by atomic mass is 9.97. The van der Waals surface area contributed by atoms with Crippen molar-refractivity contribution in [2.75, 3.05) is 13.2 Å². The second-order valence-electron chi connectivity index (χ2n) is 12.7. The zero-order valence-electron chi connectivity index (χ0n) is 27.9. The molecule has 0 saturated carbocycles. The van der Waals surface area contributed by atoms with Gasteiger partial charge in [0.05, 0.1) is 24.4 Å². The number of aliphatic hydroxyl groups is 1. The standard InChI is InChI=1S/C40H49FO5/c1-7-8-9-10-30-19-22-35(23-20-30)36-24-21-33(25-37(36)41)17-15-31-11-13-32(14-12-31)16-18-34(26-45-38(42)28(2)3)27-46-39(43)29(4)40(5,6)44/h11-14,19-25,34,44H,2,4,7-10,15-18,26-27H2,1,3,5-6H3. The van der Waals surface area contributed by atoms with Crippen LogP contribution in [0.3, 0.4) is 0 Å². The van der Waals surface area contributed by atoms with Gasteiger partial charge in [-0.25, -0.2) is 14.0 Å². The Morgan fingerprint density at radius 2 is 1.30 bits per heavy atom. The number of rotatable bonds is 18. The molecule has 0 aromatic heterocycles. The lowest BCUT2D eigenvalue weighted by Gasteiger charge is -2.21. The van der Waals surface area contributed by atoms with Gasteiger partial charge in [0.25, 0.3) is 0 Å². The van der Waals surface area contributed by atoms with Crippen molar-refractivity contribution >= 4 is 11.9 Å². The van der Waals surface area contributed by atoms with Gasteiger partial charge in [0, 0.05) is 17.1 Å². The van der Waals surface area contributed by atoms with E-state index < -0.39 is 17.5 Å². The lowest BCUT2D eigenvalue weighted by Crippen LogP contribution is -2.30. The van der Waals surface area contributed by atoms with E-state index in [1.165, 1.54) is 38.7 Å². The fraction of sp³-hybridized carbons (Fsp3) is 0.400. The molecule has 0 bridgehead atoms. The predicted octanol–water partition coefficient (Wildman–Crippen LogP) is 8.55. The molecule has 0 aliphatic heterocycles. The second-order valence-corrected chi connectivity index (χ2v) is 12.7. The molecule has 46 heavy (non-hydrogen) atoms.